The maximum absolute atomic E-state index is 6.06. The first kappa shape index (κ1) is 15.9. The smallest absolute Gasteiger partial charge is 0.139 e. The van der Waals surface area contributed by atoms with E-state index in [1.54, 1.807) is 37.4 Å². The van der Waals surface area contributed by atoms with Crippen molar-refractivity contribution in [1.82, 2.24) is 0 Å². The van der Waals surface area contributed by atoms with Gasteiger partial charge >= 0.3 is 0 Å². The number of hydrogen-bond donors (Lipinski definition) is 1. The van der Waals surface area contributed by atoms with Gasteiger partial charge in [0.1, 0.15) is 23.1 Å². The van der Waals surface area contributed by atoms with Gasteiger partial charge in [-0.15, -0.1) is 0 Å². The van der Waals surface area contributed by atoms with Gasteiger partial charge in [0, 0.05) is 22.2 Å². The van der Waals surface area contributed by atoms with Crippen molar-refractivity contribution >= 4 is 40.4 Å². The van der Waals surface area contributed by atoms with Crippen molar-refractivity contribution in [3.63, 3.8) is 0 Å². The van der Waals surface area contributed by atoms with Gasteiger partial charge in [0.25, 0.3) is 0 Å². The van der Waals surface area contributed by atoms with Crippen LogP contribution < -0.4 is 15.2 Å². The molecule has 6 heteroatoms. The van der Waals surface area contributed by atoms with Gasteiger partial charge in [0.2, 0.25) is 0 Å². The molecule has 2 aromatic carbocycles. The van der Waals surface area contributed by atoms with Gasteiger partial charge in [0.15, 0.2) is 0 Å². The van der Waals surface area contributed by atoms with E-state index < -0.39 is 0 Å². The van der Waals surface area contributed by atoms with Gasteiger partial charge in [-0.1, -0.05) is 35.4 Å². The minimum Gasteiger partial charge on any atom is -0.496 e. The first-order valence-corrected chi connectivity index (χ1v) is 7.22. The molecule has 0 radical (unpaired) electrons. The average molecular weight is 342 g/mol. The largest absolute Gasteiger partial charge is 0.496 e. The molecule has 2 aromatic rings. The molecule has 0 saturated heterocycles. The molecule has 0 fully saturated rings. The van der Waals surface area contributed by atoms with E-state index >= 15 is 0 Å². The van der Waals surface area contributed by atoms with Gasteiger partial charge < -0.3 is 15.2 Å². The number of hydrogen-bond acceptors (Lipinski definition) is 3. The Morgan fingerprint density at radius 2 is 1.90 bits per heavy atom. The summed E-state index contributed by atoms with van der Waals surface area (Å²) in [6, 6.07) is 10.5. The molecule has 0 heterocycles. The second-order valence-electron chi connectivity index (χ2n) is 4.25. The summed E-state index contributed by atoms with van der Waals surface area (Å²) < 4.78 is 11.0. The number of ether oxygens (including phenoxy) is 2. The molecule has 0 amide bonds. The number of methoxy groups -OCH3 is 1. The van der Waals surface area contributed by atoms with Crippen molar-refractivity contribution in [2.75, 3.05) is 7.11 Å². The number of halogens is 2. The molecule has 0 aliphatic rings. The van der Waals surface area contributed by atoms with Crippen molar-refractivity contribution in [3.8, 4) is 11.5 Å². The van der Waals surface area contributed by atoms with Gasteiger partial charge in [-0.3, -0.25) is 0 Å². The number of benzene rings is 2. The zero-order valence-corrected chi connectivity index (χ0v) is 13.6. The summed E-state index contributed by atoms with van der Waals surface area (Å²) >= 11 is 17.0. The molecule has 0 aliphatic carbocycles. The van der Waals surface area contributed by atoms with Crippen LogP contribution in [0.4, 0.5) is 0 Å². The number of thiocarbonyl (C=S) groups is 1. The maximum atomic E-state index is 6.06. The van der Waals surface area contributed by atoms with Crippen LogP contribution in [-0.4, -0.2) is 12.1 Å². The topological polar surface area (TPSA) is 44.5 Å². The fourth-order valence-electron chi connectivity index (χ4n) is 1.79. The molecule has 0 unspecified atom stereocenters. The van der Waals surface area contributed by atoms with E-state index in [-0.39, 0.29) is 6.61 Å². The maximum Gasteiger partial charge on any atom is 0.139 e. The van der Waals surface area contributed by atoms with Gasteiger partial charge in [-0.2, -0.15) is 0 Å². The Bertz CT molecular complexity index is 677. The van der Waals surface area contributed by atoms with Crippen LogP contribution in [0.5, 0.6) is 11.5 Å². The molecule has 0 aromatic heterocycles. The molecule has 3 nitrogen and oxygen atoms in total. The number of nitrogens with two attached hydrogens (primary N) is 1. The van der Waals surface area contributed by atoms with Crippen LogP contribution in [0.1, 0.15) is 11.1 Å². The Labute approximate surface area is 138 Å². The zero-order chi connectivity index (χ0) is 15.4. The van der Waals surface area contributed by atoms with Crippen molar-refractivity contribution in [2.45, 2.75) is 6.61 Å². The van der Waals surface area contributed by atoms with Gasteiger partial charge in [-0.05, 0) is 30.3 Å². The quantitative estimate of drug-likeness (QED) is 0.827. The summed E-state index contributed by atoms with van der Waals surface area (Å²) in [4.78, 5) is 0.319. The van der Waals surface area contributed by atoms with Crippen molar-refractivity contribution in [2.24, 2.45) is 5.73 Å². The highest BCUT2D eigenvalue weighted by Gasteiger charge is 2.09. The summed E-state index contributed by atoms with van der Waals surface area (Å²) in [5, 5.41) is 1.04. The van der Waals surface area contributed by atoms with E-state index in [4.69, 9.17) is 50.6 Å². The third kappa shape index (κ3) is 4.00. The van der Waals surface area contributed by atoms with Crippen molar-refractivity contribution < 1.29 is 9.47 Å². The Hall–Kier alpha value is -1.49. The molecular formula is C15H13Cl2NO2S. The van der Waals surface area contributed by atoms with Crippen molar-refractivity contribution in [1.29, 1.82) is 0 Å². The fourth-order valence-corrected chi connectivity index (χ4v) is 2.25. The Kier molecular flexibility index (Phi) is 5.28. The van der Waals surface area contributed by atoms with Crippen LogP contribution in [0, 0.1) is 0 Å². The van der Waals surface area contributed by atoms with E-state index in [0.717, 1.165) is 11.1 Å². The molecule has 0 saturated carbocycles. The molecule has 0 bridgehead atoms. The number of rotatable bonds is 5. The predicted octanol–water partition coefficient (Wildman–Crippen LogP) is 4.22. The van der Waals surface area contributed by atoms with E-state index in [1.807, 2.05) is 6.07 Å². The molecular weight excluding hydrogens is 329 g/mol. The minimum absolute atomic E-state index is 0.264. The van der Waals surface area contributed by atoms with Crippen molar-refractivity contribution in [3.05, 3.63) is 57.6 Å². The van der Waals surface area contributed by atoms with E-state index in [1.165, 1.54) is 0 Å². The predicted molar refractivity (Wildman–Crippen MR) is 89.7 cm³/mol. The molecule has 21 heavy (non-hydrogen) atoms. The van der Waals surface area contributed by atoms with Crippen LogP contribution in [-0.2, 0) is 6.61 Å². The Morgan fingerprint density at radius 1 is 1.14 bits per heavy atom. The van der Waals surface area contributed by atoms with Crippen LogP contribution in [0.25, 0.3) is 0 Å². The first-order valence-electron chi connectivity index (χ1n) is 6.06. The van der Waals surface area contributed by atoms with Crippen LogP contribution in [0.15, 0.2) is 36.4 Å². The third-order valence-corrected chi connectivity index (χ3v) is 3.62. The third-order valence-electron chi connectivity index (χ3n) is 2.84. The molecule has 0 atom stereocenters. The van der Waals surface area contributed by atoms with E-state index in [9.17, 15) is 0 Å². The Balaban J connectivity index is 2.24. The van der Waals surface area contributed by atoms with Crippen LogP contribution >= 0.6 is 35.4 Å². The summed E-state index contributed by atoms with van der Waals surface area (Å²) in [6.45, 7) is 0.264. The highest BCUT2D eigenvalue weighted by molar-refractivity contribution is 7.80. The van der Waals surface area contributed by atoms with E-state index in [0.29, 0.717) is 26.5 Å². The minimum atomic E-state index is 0.264. The molecule has 2 N–H and O–H groups in total. The van der Waals surface area contributed by atoms with Crippen LogP contribution in [0.2, 0.25) is 10.0 Å². The Morgan fingerprint density at radius 3 is 2.57 bits per heavy atom. The normalized spacial score (nSPS) is 10.2. The SMILES string of the molecule is COc1ccc(C(N)=S)cc1COc1cc(Cl)ccc1Cl. The lowest BCUT2D eigenvalue weighted by Gasteiger charge is -2.13. The highest BCUT2D eigenvalue weighted by Crippen LogP contribution is 2.29. The lowest BCUT2D eigenvalue weighted by Crippen LogP contribution is -2.10. The van der Waals surface area contributed by atoms with Crippen LogP contribution in [0.3, 0.4) is 0 Å². The summed E-state index contributed by atoms with van der Waals surface area (Å²) in [5.74, 6) is 1.19. The summed E-state index contributed by atoms with van der Waals surface area (Å²) in [7, 11) is 1.59. The average Bonchev–Trinajstić information content (AvgIpc) is 2.47. The summed E-state index contributed by atoms with van der Waals surface area (Å²) in [5.41, 5.74) is 7.21. The lowest BCUT2D eigenvalue weighted by atomic mass is 10.1. The molecule has 2 rings (SSSR count). The molecule has 110 valence electrons. The van der Waals surface area contributed by atoms with Gasteiger partial charge in [-0.25, -0.2) is 0 Å². The monoisotopic (exact) mass is 341 g/mol. The second kappa shape index (κ2) is 6.98. The lowest BCUT2D eigenvalue weighted by molar-refractivity contribution is 0.297. The second-order valence-corrected chi connectivity index (χ2v) is 5.54. The van der Waals surface area contributed by atoms with E-state index in [2.05, 4.69) is 0 Å². The van der Waals surface area contributed by atoms with Gasteiger partial charge in [0.05, 0.1) is 12.1 Å². The molecule has 0 spiro atoms. The standard InChI is InChI=1S/C15H13Cl2NO2S/c1-19-13-5-2-9(15(18)21)6-10(13)8-20-14-7-11(16)3-4-12(14)17/h2-7H,8H2,1H3,(H2,18,21). The fraction of sp³-hybridized carbons (Fsp3) is 0.133. The first-order chi connectivity index (χ1) is 10.0. The molecule has 0 aliphatic heterocycles. The summed E-state index contributed by atoms with van der Waals surface area (Å²) in [6.07, 6.45) is 0. The zero-order valence-electron chi connectivity index (χ0n) is 11.2. The highest BCUT2D eigenvalue weighted by atomic mass is 35.5.